The Labute approximate surface area is 101 Å². The number of hydrogen-bond acceptors (Lipinski definition) is 4. The molecule has 0 aliphatic carbocycles. The first-order chi connectivity index (χ1) is 8.54. The quantitative estimate of drug-likeness (QED) is 0.771. The minimum atomic E-state index is -1.23. The van der Waals surface area contributed by atoms with Gasteiger partial charge in [-0.2, -0.15) is 5.10 Å². The van der Waals surface area contributed by atoms with Crippen LogP contribution in [0, 0.1) is 5.82 Å². The Morgan fingerprint density at radius 3 is 2.78 bits per heavy atom. The van der Waals surface area contributed by atoms with Gasteiger partial charge in [0.1, 0.15) is 11.5 Å². The molecule has 0 saturated carbocycles. The number of carboxylic acids is 1. The molecule has 0 saturated heterocycles. The number of aromatic amines is 1. The summed E-state index contributed by atoms with van der Waals surface area (Å²) < 4.78 is 18.5. The number of phenols is 1. The van der Waals surface area contributed by atoms with Crippen LogP contribution in [0.15, 0.2) is 18.2 Å². The molecule has 1 aromatic carbocycles. The maximum atomic E-state index is 13.6. The van der Waals surface area contributed by atoms with Crippen molar-refractivity contribution < 1.29 is 24.1 Å². The summed E-state index contributed by atoms with van der Waals surface area (Å²) in [6.07, 6.45) is 0. The molecule has 0 unspecified atom stereocenters. The zero-order valence-electron chi connectivity index (χ0n) is 9.27. The fraction of sp³-hybridized carbons (Fsp3) is 0.0909. The van der Waals surface area contributed by atoms with Crippen LogP contribution in [0.25, 0.3) is 11.3 Å². The number of benzene rings is 1. The smallest absolute Gasteiger partial charge is 0.353 e. The van der Waals surface area contributed by atoms with Crippen molar-refractivity contribution in [2.75, 3.05) is 7.11 Å². The third-order valence-corrected chi connectivity index (χ3v) is 2.37. The molecule has 0 bridgehead atoms. The maximum absolute atomic E-state index is 13.6. The SMILES string of the molecule is COc1ccc(F)c(-c2cc(C(=O)O)[nH]n2)c1O. The van der Waals surface area contributed by atoms with Crippen molar-refractivity contribution in [3.05, 3.63) is 29.7 Å². The number of ether oxygens (including phenoxy) is 1. The predicted molar refractivity (Wildman–Crippen MR) is 59.2 cm³/mol. The summed E-state index contributed by atoms with van der Waals surface area (Å²) in [6, 6.07) is 3.49. The molecule has 0 fully saturated rings. The van der Waals surface area contributed by atoms with Gasteiger partial charge in [-0.3, -0.25) is 5.10 Å². The molecule has 0 spiro atoms. The number of nitrogens with one attached hydrogen (secondary N) is 1. The van der Waals surface area contributed by atoms with Gasteiger partial charge in [-0.1, -0.05) is 0 Å². The lowest BCUT2D eigenvalue weighted by Gasteiger charge is -2.07. The molecule has 1 heterocycles. The van der Waals surface area contributed by atoms with Crippen LogP contribution in [0.4, 0.5) is 4.39 Å². The number of aromatic carboxylic acids is 1. The summed E-state index contributed by atoms with van der Waals surface area (Å²) in [4.78, 5) is 10.7. The highest BCUT2D eigenvalue weighted by Gasteiger charge is 2.19. The molecule has 6 nitrogen and oxygen atoms in total. The molecule has 0 atom stereocenters. The van der Waals surface area contributed by atoms with Crippen molar-refractivity contribution in [2.45, 2.75) is 0 Å². The molecular weight excluding hydrogens is 243 g/mol. The maximum Gasteiger partial charge on any atom is 0.353 e. The van der Waals surface area contributed by atoms with Gasteiger partial charge in [0.2, 0.25) is 0 Å². The van der Waals surface area contributed by atoms with Gasteiger partial charge in [-0.15, -0.1) is 0 Å². The van der Waals surface area contributed by atoms with E-state index in [1.165, 1.54) is 13.2 Å². The minimum absolute atomic E-state index is 0.0127. The van der Waals surface area contributed by atoms with Gasteiger partial charge in [0.25, 0.3) is 0 Å². The Balaban J connectivity index is 2.58. The van der Waals surface area contributed by atoms with Gasteiger partial charge in [0.05, 0.1) is 18.4 Å². The fourth-order valence-corrected chi connectivity index (χ4v) is 1.52. The van der Waals surface area contributed by atoms with Gasteiger partial charge >= 0.3 is 5.97 Å². The normalized spacial score (nSPS) is 10.3. The first-order valence-electron chi connectivity index (χ1n) is 4.89. The van der Waals surface area contributed by atoms with Gasteiger partial charge in [0, 0.05) is 0 Å². The second-order valence-electron chi connectivity index (χ2n) is 3.45. The van der Waals surface area contributed by atoms with E-state index in [0.29, 0.717) is 0 Å². The molecule has 1 aromatic heterocycles. The average molecular weight is 252 g/mol. The molecule has 18 heavy (non-hydrogen) atoms. The van der Waals surface area contributed by atoms with E-state index in [1.54, 1.807) is 0 Å². The van der Waals surface area contributed by atoms with Crippen molar-refractivity contribution in [1.29, 1.82) is 0 Å². The summed E-state index contributed by atoms with van der Waals surface area (Å²) in [7, 11) is 1.32. The molecule has 7 heteroatoms. The summed E-state index contributed by atoms with van der Waals surface area (Å²) in [5.74, 6) is -2.31. The zero-order valence-corrected chi connectivity index (χ0v) is 9.27. The van der Waals surface area contributed by atoms with Crippen LogP contribution in [0.2, 0.25) is 0 Å². The van der Waals surface area contributed by atoms with E-state index in [0.717, 1.165) is 12.1 Å². The number of rotatable bonds is 3. The standard InChI is InChI=1S/C11H9FN2O4/c1-18-8-3-2-5(12)9(10(8)15)6-4-7(11(16)17)14-13-6/h2-4,15H,1H3,(H,13,14)(H,16,17). The number of nitrogens with zero attached hydrogens (tertiary/aromatic N) is 1. The van der Waals surface area contributed by atoms with Crippen molar-refractivity contribution in [2.24, 2.45) is 0 Å². The van der Waals surface area contributed by atoms with E-state index in [-0.39, 0.29) is 22.7 Å². The zero-order chi connectivity index (χ0) is 13.3. The Bertz CT molecular complexity index is 609. The van der Waals surface area contributed by atoms with Crippen LogP contribution in [0.1, 0.15) is 10.5 Å². The molecule has 0 radical (unpaired) electrons. The Morgan fingerprint density at radius 2 is 2.22 bits per heavy atom. The third-order valence-electron chi connectivity index (χ3n) is 2.37. The molecule has 0 aliphatic heterocycles. The predicted octanol–water partition coefficient (Wildman–Crippen LogP) is 1.63. The van der Waals surface area contributed by atoms with E-state index in [1.807, 2.05) is 0 Å². The molecular formula is C11H9FN2O4. The molecule has 2 aromatic rings. The van der Waals surface area contributed by atoms with E-state index in [4.69, 9.17) is 9.84 Å². The van der Waals surface area contributed by atoms with Crippen LogP contribution in [0.5, 0.6) is 11.5 Å². The molecule has 3 N–H and O–H groups in total. The van der Waals surface area contributed by atoms with Gasteiger partial charge in [-0.25, -0.2) is 9.18 Å². The highest BCUT2D eigenvalue weighted by Crippen LogP contribution is 2.38. The number of halogens is 1. The van der Waals surface area contributed by atoms with Crippen LogP contribution in [0.3, 0.4) is 0 Å². The van der Waals surface area contributed by atoms with Crippen LogP contribution in [-0.4, -0.2) is 33.5 Å². The third kappa shape index (κ3) is 1.86. The number of aromatic nitrogens is 2. The summed E-state index contributed by atoms with van der Waals surface area (Å²) in [5.41, 5.74) is -0.425. The molecule has 2 rings (SSSR count). The molecule has 94 valence electrons. The second-order valence-corrected chi connectivity index (χ2v) is 3.45. The average Bonchev–Trinajstić information content (AvgIpc) is 2.79. The van der Waals surface area contributed by atoms with Gasteiger partial charge in [-0.05, 0) is 18.2 Å². The number of aromatic hydroxyl groups is 1. The van der Waals surface area contributed by atoms with Crippen LogP contribution < -0.4 is 4.74 Å². The number of carboxylic acid groups (broad SMARTS) is 1. The van der Waals surface area contributed by atoms with Gasteiger partial charge < -0.3 is 14.9 Å². The van der Waals surface area contributed by atoms with Crippen molar-refractivity contribution in [3.63, 3.8) is 0 Å². The number of carbonyl (C=O) groups is 1. The number of phenolic OH excluding ortho intramolecular Hbond substituents is 1. The van der Waals surface area contributed by atoms with Crippen molar-refractivity contribution in [3.8, 4) is 22.8 Å². The Morgan fingerprint density at radius 1 is 1.50 bits per heavy atom. The minimum Gasteiger partial charge on any atom is -0.504 e. The highest BCUT2D eigenvalue weighted by atomic mass is 19.1. The monoisotopic (exact) mass is 252 g/mol. The Kier molecular flexibility index (Phi) is 2.88. The van der Waals surface area contributed by atoms with E-state index in [9.17, 15) is 14.3 Å². The van der Waals surface area contributed by atoms with Crippen LogP contribution in [-0.2, 0) is 0 Å². The summed E-state index contributed by atoms with van der Waals surface area (Å²) >= 11 is 0. The number of methoxy groups -OCH3 is 1. The lowest BCUT2D eigenvalue weighted by Crippen LogP contribution is -1.95. The number of hydrogen-bond donors (Lipinski definition) is 3. The van der Waals surface area contributed by atoms with Gasteiger partial charge in [0.15, 0.2) is 11.5 Å². The number of H-pyrrole nitrogens is 1. The first kappa shape index (κ1) is 11.9. The van der Waals surface area contributed by atoms with Crippen molar-refractivity contribution in [1.82, 2.24) is 10.2 Å². The summed E-state index contributed by atoms with van der Waals surface area (Å²) in [6.45, 7) is 0. The lowest BCUT2D eigenvalue weighted by molar-refractivity contribution is 0.0690. The van der Waals surface area contributed by atoms with E-state index in [2.05, 4.69) is 10.2 Å². The second kappa shape index (κ2) is 4.36. The summed E-state index contributed by atoms with van der Waals surface area (Å²) in [5, 5.41) is 24.4. The Hall–Kier alpha value is -2.57. The molecule has 0 amide bonds. The first-order valence-corrected chi connectivity index (χ1v) is 4.89. The largest absolute Gasteiger partial charge is 0.504 e. The lowest BCUT2D eigenvalue weighted by atomic mass is 10.1. The highest BCUT2D eigenvalue weighted by molar-refractivity contribution is 5.87. The van der Waals surface area contributed by atoms with Crippen molar-refractivity contribution >= 4 is 5.97 Å². The van der Waals surface area contributed by atoms with E-state index >= 15 is 0 Å². The fourth-order valence-electron chi connectivity index (χ4n) is 1.52. The van der Waals surface area contributed by atoms with Crippen LogP contribution >= 0.6 is 0 Å². The molecule has 0 aliphatic rings. The van der Waals surface area contributed by atoms with E-state index < -0.39 is 17.5 Å². The topological polar surface area (TPSA) is 95.4 Å².